The zero-order chi connectivity index (χ0) is 27.4. The largest absolute Gasteiger partial charge is 0.369 e. The zero-order valence-corrected chi connectivity index (χ0v) is 23.6. The third kappa shape index (κ3) is 5.88. The minimum Gasteiger partial charge on any atom is -0.369 e. The van der Waals surface area contributed by atoms with Gasteiger partial charge in [0.1, 0.15) is 5.56 Å². The van der Waals surface area contributed by atoms with Crippen molar-refractivity contribution in [2.24, 2.45) is 7.05 Å². The number of carbonyl (C=O) groups is 1. The Morgan fingerprint density at radius 3 is 2.42 bits per heavy atom. The van der Waals surface area contributed by atoms with E-state index in [2.05, 4.69) is 15.1 Å². The quantitative estimate of drug-likeness (QED) is 0.433. The van der Waals surface area contributed by atoms with Gasteiger partial charge in [-0.1, -0.05) is 31.5 Å². The van der Waals surface area contributed by atoms with Gasteiger partial charge in [-0.3, -0.25) is 14.5 Å². The summed E-state index contributed by atoms with van der Waals surface area (Å²) < 4.78 is 29.0. The van der Waals surface area contributed by atoms with Crippen LogP contribution in [0.3, 0.4) is 0 Å². The van der Waals surface area contributed by atoms with Gasteiger partial charge in [-0.05, 0) is 36.4 Å². The van der Waals surface area contributed by atoms with Gasteiger partial charge in [0.15, 0.2) is 0 Å². The molecule has 1 aromatic heterocycles. The predicted octanol–water partition coefficient (Wildman–Crippen LogP) is 2.77. The number of pyridine rings is 1. The summed E-state index contributed by atoms with van der Waals surface area (Å²) in [6.45, 7) is 8.67. The number of aromatic nitrogens is 1. The minimum atomic E-state index is -3.74. The highest BCUT2D eigenvalue weighted by atomic mass is 35.5. The molecule has 38 heavy (non-hydrogen) atoms. The van der Waals surface area contributed by atoms with Crippen molar-refractivity contribution in [1.29, 1.82) is 0 Å². The van der Waals surface area contributed by atoms with Crippen LogP contribution < -0.4 is 15.6 Å². The van der Waals surface area contributed by atoms with Gasteiger partial charge in [0.25, 0.3) is 5.91 Å². The number of nitrogens with one attached hydrogen (secondary N) is 1. The number of benzene rings is 2. The molecule has 9 nitrogen and oxygen atoms in total. The van der Waals surface area contributed by atoms with Gasteiger partial charge in [0.05, 0.1) is 10.4 Å². The van der Waals surface area contributed by atoms with Crippen molar-refractivity contribution in [3.63, 3.8) is 0 Å². The first-order valence-corrected chi connectivity index (χ1v) is 14.6. The number of carbonyl (C=O) groups excluding carboxylic acids is 1. The first-order chi connectivity index (χ1) is 18.1. The molecule has 0 unspecified atom stereocenters. The average Bonchev–Trinajstić information content (AvgIpc) is 2.91. The number of fused-ring (bicyclic) bond motifs is 1. The van der Waals surface area contributed by atoms with Crippen LogP contribution in [-0.4, -0.2) is 80.5 Å². The van der Waals surface area contributed by atoms with E-state index >= 15 is 0 Å². The van der Waals surface area contributed by atoms with Gasteiger partial charge >= 0.3 is 0 Å². The molecule has 0 radical (unpaired) electrons. The van der Waals surface area contributed by atoms with E-state index in [1.54, 1.807) is 31.5 Å². The van der Waals surface area contributed by atoms with Crippen LogP contribution in [0.25, 0.3) is 10.9 Å². The lowest BCUT2D eigenvalue weighted by atomic mass is 10.1. The molecule has 0 atom stereocenters. The van der Waals surface area contributed by atoms with Gasteiger partial charge in [-0.15, -0.1) is 0 Å². The van der Waals surface area contributed by atoms with Gasteiger partial charge in [0, 0.05) is 81.7 Å². The molecule has 3 aromatic rings. The van der Waals surface area contributed by atoms with E-state index in [-0.39, 0.29) is 15.8 Å². The highest BCUT2D eigenvalue weighted by Gasteiger charge is 2.24. The van der Waals surface area contributed by atoms with Crippen molar-refractivity contribution < 1.29 is 13.2 Å². The van der Waals surface area contributed by atoms with Crippen LogP contribution in [-0.2, 0) is 17.1 Å². The Kier molecular flexibility index (Phi) is 8.77. The van der Waals surface area contributed by atoms with Crippen molar-refractivity contribution in [2.45, 2.75) is 18.7 Å². The fraction of sp³-hybridized carbons (Fsp3) is 0.407. The molecule has 1 saturated heterocycles. The van der Waals surface area contributed by atoms with Gasteiger partial charge < -0.3 is 14.8 Å². The molecule has 1 fully saturated rings. The molecule has 4 rings (SSSR count). The molecule has 2 aromatic carbocycles. The molecular weight excluding hydrogens is 526 g/mol. The van der Waals surface area contributed by atoms with Crippen molar-refractivity contribution in [1.82, 2.24) is 19.1 Å². The van der Waals surface area contributed by atoms with Crippen LogP contribution in [0, 0.1) is 0 Å². The lowest BCUT2D eigenvalue weighted by Crippen LogP contribution is -2.48. The Labute approximate surface area is 228 Å². The monoisotopic (exact) mass is 559 g/mol. The summed E-state index contributed by atoms with van der Waals surface area (Å²) in [4.78, 5) is 30.8. The fourth-order valence-corrected chi connectivity index (χ4v) is 6.50. The number of hydrogen-bond donors (Lipinski definition) is 1. The van der Waals surface area contributed by atoms with E-state index in [1.807, 2.05) is 24.3 Å². The van der Waals surface area contributed by atoms with Crippen LogP contribution in [0.15, 0.2) is 58.4 Å². The molecule has 0 saturated carbocycles. The summed E-state index contributed by atoms with van der Waals surface area (Å²) in [5.41, 5.74) is 1.17. The third-order valence-electron chi connectivity index (χ3n) is 7.01. The smallest absolute Gasteiger partial charge is 0.256 e. The summed E-state index contributed by atoms with van der Waals surface area (Å²) >= 11 is 6.12. The van der Waals surface area contributed by atoms with E-state index in [0.717, 1.165) is 31.9 Å². The maximum atomic E-state index is 13.3. The molecule has 204 valence electrons. The second-order valence-electron chi connectivity index (χ2n) is 9.32. The molecule has 2 heterocycles. The minimum absolute atomic E-state index is 0.0110. The number of anilines is 1. The number of halogens is 1. The lowest BCUT2D eigenvalue weighted by molar-refractivity contribution is 0.0946. The number of amides is 1. The first kappa shape index (κ1) is 28.1. The molecule has 1 aliphatic heterocycles. The summed E-state index contributed by atoms with van der Waals surface area (Å²) in [7, 11) is -2.00. The van der Waals surface area contributed by atoms with E-state index in [1.165, 1.54) is 22.6 Å². The summed E-state index contributed by atoms with van der Waals surface area (Å²) in [5, 5.41) is 3.78. The number of nitrogens with zero attached hydrogens (tertiary/aromatic N) is 4. The first-order valence-electron chi connectivity index (χ1n) is 12.8. The Hall–Kier alpha value is -2.92. The highest BCUT2D eigenvalue weighted by molar-refractivity contribution is 7.89. The standard InChI is InChI=1S/C27H34ClN5O4S/c1-4-33(5-2)38(36,37)22-9-10-25-23(18-22)26(34)24(19-30(25)3)27(35)29-11-12-31-13-15-32(16-14-31)21-8-6-7-20(28)17-21/h6-10,17-19H,4-5,11-16H2,1-3H3,(H,29,35). The Balaban J connectivity index is 1.42. The summed E-state index contributed by atoms with van der Waals surface area (Å²) in [6.07, 6.45) is 1.50. The third-order valence-corrected chi connectivity index (χ3v) is 9.29. The van der Waals surface area contributed by atoms with Crippen LogP contribution in [0.4, 0.5) is 5.69 Å². The van der Waals surface area contributed by atoms with Crippen molar-refractivity contribution >= 4 is 44.1 Å². The van der Waals surface area contributed by atoms with Crippen LogP contribution in [0.5, 0.6) is 0 Å². The highest BCUT2D eigenvalue weighted by Crippen LogP contribution is 2.22. The Morgan fingerprint density at radius 2 is 1.76 bits per heavy atom. The second-order valence-corrected chi connectivity index (χ2v) is 11.7. The predicted molar refractivity (Wildman–Crippen MR) is 152 cm³/mol. The van der Waals surface area contributed by atoms with E-state index < -0.39 is 21.4 Å². The summed E-state index contributed by atoms with van der Waals surface area (Å²) in [6, 6.07) is 12.3. The van der Waals surface area contributed by atoms with Crippen LogP contribution in [0.1, 0.15) is 24.2 Å². The van der Waals surface area contributed by atoms with Gasteiger partial charge in [-0.25, -0.2) is 8.42 Å². The van der Waals surface area contributed by atoms with Gasteiger partial charge in [-0.2, -0.15) is 4.31 Å². The van der Waals surface area contributed by atoms with E-state index in [4.69, 9.17) is 11.6 Å². The normalized spacial score (nSPS) is 14.8. The number of aryl methyl sites for hydroxylation is 1. The van der Waals surface area contributed by atoms with Crippen molar-refractivity contribution in [3.05, 3.63) is 69.5 Å². The number of hydrogen-bond acceptors (Lipinski definition) is 6. The zero-order valence-electron chi connectivity index (χ0n) is 22.0. The SMILES string of the molecule is CCN(CC)S(=O)(=O)c1ccc2c(c1)c(=O)c(C(=O)NCCN1CCN(c3cccc(Cl)c3)CC1)cn2C. The van der Waals surface area contributed by atoms with Crippen molar-refractivity contribution in [3.8, 4) is 0 Å². The molecule has 1 amide bonds. The van der Waals surface area contributed by atoms with E-state index in [9.17, 15) is 18.0 Å². The van der Waals surface area contributed by atoms with Crippen LogP contribution >= 0.6 is 11.6 Å². The topological polar surface area (TPSA) is 95.0 Å². The molecule has 0 aliphatic carbocycles. The molecule has 11 heteroatoms. The Morgan fingerprint density at radius 1 is 1.05 bits per heavy atom. The fourth-order valence-electron chi connectivity index (χ4n) is 4.83. The van der Waals surface area contributed by atoms with E-state index in [0.29, 0.717) is 36.7 Å². The second kappa shape index (κ2) is 11.9. The lowest BCUT2D eigenvalue weighted by Gasteiger charge is -2.36. The van der Waals surface area contributed by atoms with Gasteiger partial charge in [0.2, 0.25) is 15.5 Å². The molecule has 0 spiro atoms. The van der Waals surface area contributed by atoms with Crippen molar-refractivity contribution in [2.75, 3.05) is 57.3 Å². The molecular formula is C27H34ClN5O4S. The van der Waals surface area contributed by atoms with Crippen LogP contribution in [0.2, 0.25) is 5.02 Å². The molecule has 1 aliphatic rings. The number of rotatable bonds is 9. The Bertz CT molecular complexity index is 1480. The number of sulfonamides is 1. The number of piperazine rings is 1. The average molecular weight is 560 g/mol. The maximum absolute atomic E-state index is 13.3. The molecule has 0 bridgehead atoms. The molecule has 1 N–H and O–H groups in total. The summed E-state index contributed by atoms with van der Waals surface area (Å²) in [5.74, 6) is -0.470. The maximum Gasteiger partial charge on any atom is 0.256 e.